The Morgan fingerprint density at radius 1 is 1.35 bits per heavy atom. The van der Waals surface area contributed by atoms with E-state index < -0.39 is 5.97 Å². The van der Waals surface area contributed by atoms with Crippen molar-refractivity contribution in [2.45, 2.75) is 6.92 Å². The Labute approximate surface area is 120 Å². The third-order valence-electron chi connectivity index (χ3n) is 3.02. The Hall–Kier alpha value is -2.27. The predicted octanol–water partition coefficient (Wildman–Crippen LogP) is 2.94. The number of aromatic carboxylic acids is 1. The maximum absolute atomic E-state index is 12.1. The summed E-state index contributed by atoms with van der Waals surface area (Å²) in [5.74, 6) is -1.37. The van der Waals surface area contributed by atoms with Crippen LogP contribution in [0.15, 0.2) is 30.5 Å². The Balaban J connectivity index is 2.31. The van der Waals surface area contributed by atoms with E-state index in [1.54, 1.807) is 42.9 Å². The summed E-state index contributed by atoms with van der Waals surface area (Å²) in [5, 5.41) is 12.2. The molecule has 2 rings (SSSR count). The number of amides is 1. The third kappa shape index (κ3) is 2.67. The summed E-state index contributed by atoms with van der Waals surface area (Å²) in [7, 11) is 1.71. The van der Waals surface area contributed by atoms with Gasteiger partial charge in [0.25, 0.3) is 5.91 Å². The standard InChI is InChI=1S/C14H13ClN2O3/c1-8-10(14(19)20)4-3-5-11(8)16-13(18)12-6-9(15)7-17(12)2/h3-7H,1-2H3,(H,16,18)(H,19,20). The van der Waals surface area contributed by atoms with Gasteiger partial charge in [-0.25, -0.2) is 4.79 Å². The minimum absolute atomic E-state index is 0.160. The third-order valence-corrected chi connectivity index (χ3v) is 3.22. The van der Waals surface area contributed by atoms with E-state index in [4.69, 9.17) is 16.7 Å². The number of nitrogens with zero attached hydrogens (tertiary/aromatic N) is 1. The molecule has 1 heterocycles. The molecule has 104 valence electrons. The van der Waals surface area contributed by atoms with Crippen LogP contribution in [0.1, 0.15) is 26.4 Å². The summed E-state index contributed by atoms with van der Waals surface area (Å²) in [5.41, 5.74) is 1.53. The molecule has 20 heavy (non-hydrogen) atoms. The van der Waals surface area contributed by atoms with E-state index >= 15 is 0 Å². The second-order valence-electron chi connectivity index (χ2n) is 4.39. The van der Waals surface area contributed by atoms with Gasteiger partial charge in [-0.3, -0.25) is 4.79 Å². The minimum Gasteiger partial charge on any atom is -0.478 e. The summed E-state index contributed by atoms with van der Waals surface area (Å²) >= 11 is 5.83. The van der Waals surface area contributed by atoms with E-state index in [0.29, 0.717) is 22.0 Å². The fraction of sp³-hybridized carbons (Fsp3) is 0.143. The van der Waals surface area contributed by atoms with Crippen LogP contribution < -0.4 is 5.32 Å². The molecule has 0 aliphatic heterocycles. The summed E-state index contributed by atoms with van der Waals surface area (Å²) < 4.78 is 1.61. The van der Waals surface area contributed by atoms with Crippen LogP contribution in [-0.2, 0) is 7.05 Å². The molecule has 0 radical (unpaired) electrons. The van der Waals surface area contributed by atoms with Crippen molar-refractivity contribution in [3.05, 3.63) is 52.3 Å². The first-order valence-corrected chi connectivity index (χ1v) is 6.24. The van der Waals surface area contributed by atoms with E-state index in [-0.39, 0.29) is 11.5 Å². The average molecular weight is 293 g/mol. The van der Waals surface area contributed by atoms with Crippen LogP contribution in [0.5, 0.6) is 0 Å². The van der Waals surface area contributed by atoms with Crippen LogP contribution in [0.2, 0.25) is 5.02 Å². The summed E-state index contributed by atoms with van der Waals surface area (Å²) in [6.45, 7) is 1.65. The highest BCUT2D eigenvalue weighted by Gasteiger charge is 2.15. The van der Waals surface area contributed by atoms with Crippen LogP contribution in [0, 0.1) is 6.92 Å². The SMILES string of the molecule is Cc1c(NC(=O)c2cc(Cl)cn2C)cccc1C(=O)O. The van der Waals surface area contributed by atoms with Gasteiger partial charge in [0, 0.05) is 18.9 Å². The molecule has 5 nitrogen and oxygen atoms in total. The molecule has 0 fully saturated rings. The number of carboxylic acid groups (broad SMARTS) is 1. The first kappa shape index (κ1) is 14.1. The van der Waals surface area contributed by atoms with Crippen LogP contribution in [0.25, 0.3) is 0 Å². The molecule has 1 aromatic carbocycles. The quantitative estimate of drug-likeness (QED) is 0.913. The van der Waals surface area contributed by atoms with E-state index in [2.05, 4.69) is 5.32 Å². The van der Waals surface area contributed by atoms with E-state index in [0.717, 1.165) is 0 Å². The van der Waals surface area contributed by atoms with Gasteiger partial charge in [-0.05, 0) is 30.7 Å². The van der Waals surface area contributed by atoms with Crippen LogP contribution in [0.4, 0.5) is 5.69 Å². The number of aryl methyl sites for hydroxylation is 1. The zero-order chi connectivity index (χ0) is 14.9. The molecule has 0 aliphatic rings. The van der Waals surface area contributed by atoms with Crippen molar-refractivity contribution < 1.29 is 14.7 Å². The number of hydrogen-bond acceptors (Lipinski definition) is 2. The molecule has 0 atom stereocenters. The number of benzene rings is 1. The van der Waals surface area contributed by atoms with Crippen molar-refractivity contribution in [1.82, 2.24) is 4.57 Å². The maximum atomic E-state index is 12.1. The smallest absolute Gasteiger partial charge is 0.336 e. The molecule has 0 bridgehead atoms. The molecule has 2 aromatic rings. The molecule has 0 saturated carbocycles. The summed E-state index contributed by atoms with van der Waals surface area (Å²) in [4.78, 5) is 23.2. The molecule has 1 amide bonds. The van der Waals surface area contributed by atoms with Crippen LogP contribution >= 0.6 is 11.6 Å². The second-order valence-corrected chi connectivity index (χ2v) is 4.83. The molecule has 2 N–H and O–H groups in total. The van der Waals surface area contributed by atoms with E-state index in [1.165, 1.54) is 6.07 Å². The number of rotatable bonds is 3. The summed E-state index contributed by atoms with van der Waals surface area (Å²) in [6.07, 6.45) is 1.62. The molecule has 0 aliphatic carbocycles. The van der Waals surface area contributed by atoms with Crippen LogP contribution in [-0.4, -0.2) is 21.6 Å². The Bertz CT molecular complexity index is 692. The molecular formula is C14H13ClN2O3. The number of hydrogen-bond donors (Lipinski definition) is 2. The molecule has 6 heteroatoms. The van der Waals surface area contributed by atoms with E-state index in [9.17, 15) is 9.59 Å². The number of nitrogens with one attached hydrogen (secondary N) is 1. The van der Waals surface area contributed by atoms with Gasteiger partial charge < -0.3 is 15.0 Å². The van der Waals surface area contributed by atoms with Gasteiger partial charge in [-0.1, -0.05) is 17.7 Å². The number of carbonyl (C=O) groups is 2. The molecular weight excluding hydrogens is 280 g/mol. The van der Waals surface area contributed by atoms with E-state index in [1.807, 2.05) is 0 Å². The zero-order valence-electron chi connectivity index (χ0n) is 11.0. The molecule has 0 spiro atoms. The van der Waals surface area contributed by atoms with Gasteiger partial charge in [0.15, 0.2) is 0 Å². The Morgan fingerprint density at radius 2 is 2.05 bits per heavy atom. The van der Waals surface area contributed by atoms with Gasteiger partial charge in [-0.2, -0.15) is 0 Å². The van der Waals surface area contributed by atoms with Crippen LogP contribution in [0.3, 0.4) is 0 Å². The highest BCUT2D eigenvalue weighted by molar-refractivity contribution is 6.31. The predicted molar refractivity (Wildman–Crippen MR) is 76.5 cm³/mol. The van der Waals surface area contributed by atoms with Crippen molar-refractivity contribution in [2.24, 2.45) is 7.05 Å². The molecule has 0 unspecified atom stereocenters. The van der Waals surface area contributed by atoms with Gasteiger partial charge in [0.1, 0.15) is 5.69 Å². The highest BCUT2D eigenvalue weighted by Crippen LogP contribution is 2.20. The van der Waals surface area contributed by atoms with Gasteiger partial charge in [0.05, 0.1) is 10.6 Å². The number of halogens is 1. The highest BCUT2D eigenvalue weighted by atomic mass is 35.5. The minimum atomic E-state index is -1.03. The lowest BCUT2D eigenvalue weighted by atomic mass is 10.1. The first-order chi connectivity index (χ1) is 9.40. The first-order valence-electron chi connectivity index (χ1n) is 5.86. The lowest BCUT2D eigenvalue weighted by molar-refractivity contribution is 0.0695. The second kappa shape index (κ2) is 5.38. The monoisotopic (exact) mass is 292 g/mol. The van der Waals surface area contributed by atoms with Gasteiger partial charge in [0.2, 0.25) is 0 Å². The fourth-order valence-electron chi connectivity index (χ4n) is 1.94. The van der Waals surface area contributed by atoms with Crippen molar-refractivity contribution in [3.8, 4) is 0 Å². The van der Waals surface area contributed by atoms with Crippen molar-refractivity contribution >= 4 is 29.2 Å². The van der Waals surface area contributed by atoms with Gasteiger partial charge in [-0.15, -0.1) is 0 Å². The Kier molecular flexibility index (Phi) is 3.81. The van der Waals surface area contributed by atoms with Crippen molar-refractivity contribution in [2.75, 3.05) is 5.32 Å². The fourth-order valence-corrected chi connectivity index (χ4v) is 2.19. The number of carbonyl (C=O) groups excluding carboxylic acids is 1. The maximum Gasteiger partial charge on any atom is 0.336 e. The largest absolute Gasteiger partial charge is 0.478 e. The Morgan fingerprint density at radius 3 is 2.60 bits per heavy atom. The van der Waals surface area contributed by atoms with Crippen molar-refractivity contribution in [3.63, 3.8) is 0 Å². The van der Waals surface area contributed by atoms with Crippen molar-refractivity contribution in [1.29, 1.82) is 0 Å². The average Bonchev–Trinajstić information content (AvgIpc) is 2.70. The van der Waals surface area contributed by atoms with Gasteiger partial charge >= 0.3 is 5.97 Å². The topological polar surface area (TPSA) is 71.3 Å². The summed E-state index contributed by atoms with van der Waals surface area (Å²) in [6, 6.07) is 6.29. The molecule has 0 saturated heterocycles. The number of anilines is 1. The lowest BCUT2D eigenvalue weighted by Crippen LogP contribution is -2.16. The lowest BCUT2D eigenvalue weighted by Gasteiger charge is -2.10. The number of aromatic nitrogens is 1. The zero-order valence-corrected chi connectivity index (χ0v) is 11.7. The normalized spacial score (nSPS) is 10.3. The molecule has 1 aromatic heterocycles. The number of carboxylic acids is 1.